The van der Waals surface area contributed by atoms with E-state index in [0.717, 1.165) is 65.0 Å². The van der Waals surface area contributed by atoms with E-state index in [0.29, 0.717) is 53.4 Å². The van der Waals surface area contributed by atoms with E-state index < -0.39 is 16.5 Å². The number of aliphatic hydroxyl groups is 1. The number of hydrogen-bond donors (Lipinski definition) is 6. The summed E-state index contributed by atoms with van der Waals surface area (Å²) in [6, 6.07) is 0.571. The lowest BCUT2D eigenvalue weighted by Gasteiger charge is -2.62. The zero-order chi connectivity index (χ0) is 34.2. The highest BCUT2D eigenvalue weighted by molar-refractivity contribution is 7.80. The van der Waals surface area contributed by atoms with Gasteiger partial charge in [0.15, 0.2) is 0 Å². The Hall–Kier alpha value is -0.330. The van der Waals surface area contributed by atoms with Crippen LogP contribution in [0, 0.1) is 52.3 Å². The van der Waals surface area contributed by atoms with Crippen molar-refractivity contribution >= 4 is 10.4 Å². The molecule has 0 aromatic rings. The number of nitrogens with two attached hydrogens (primary N) is 1. The third-order valence-electron chi connectivity index (χ3n) is 13.8. The summed E-state index contributed by atoms with van der Waals surface area (Å²) >= 11 is 0. The average molecular weight is 685 g/mol. The molecule has 4 aliphatic rings. The highest BCUT2D eigenvalue weighted by atomic mass is 32.3. The largest absolute Gasteiger partial charge is 0.397 e. The molecule has 0 aliphatic heterocycles. The molecule has 4 rings (SSSR count). The monoisotopic (exact) mass is 685 g/mol. The second-order valence-corrected chi connectivity index (χ2v) is 18.1. The lowest BCUT2D eigenvalue weighted by atomic mass is 9.43. The van der Waals surface area contributed by atoms with Gasteiger partial charge in [0.1, 0.15) is 0 Å². The van der Waals surface area contributed by atoms with Gasteiger partial charge >= 0.3 is 10.4 Å². The number of aliphatic hydroxyl groups excluding tert-OH is 1. The molecule has 0 radical (unpaired) electrons. The molecule has 0 aromatic carbocycles. The summed E-state index contributed by atoms with van der Waals surface area (Å²) in [5.41, 5.74) is 6.08. The van der Waals surface area contributed by atoms with Crippen LogP contribution in [0.5, 0.6) is 0 Å². The maximum atomic E-state index is 11.8. The summed E-state index contributed by atoms with van der Waals surface area (Å²) in [4.78, 5) is 0. The maximum absolute atomic E-state index is 11.8. The van der Waals surface area contributed by atoms with Crippen molar-refractivity contribution < 1.29 is 22.3 Å². The molecule has 0 aromatic heterocycles. The van der Waals surface area contributed by atoms with Gasteiger partial charge in [-0.2, -0.15) is 8.42 Å². The smallest absolute Gasteiger partial charge is 0.393 e. The minimum atomic E-state index is -4.46. The maximum Gasteiger partial charge on any atom is 0.397 e. The minimum Gasteiger partial charge on any atom is -0.393 e. The Balaban J connectivity index is 1.23. The van der Waals surface area contributed by atoms with E-state index in [2.05, 4.69) is 36.7 Å². The van der Waals surface area contributed by atoms with E-state index in [4.69, 9.17) is 9.92 Å². The molecule has 0 bridgehead atoms. The van der Waals surface area contributed by atoms with Crippen molar-refractivity contribution in [3.8, 4) is 0 Å². The van der Waals surface area contributed by atoms with Gasteiger partial charge < -0.3 is 26.8 Å². The second-order valence-electron chi connectivity index (χ2n) is 17.0. The lowest BCUT2D eigenvalue weighted by Crippen LogP contribution is -2.59. The zero-order valence-electron chi connectivity index (χ0n) is 30.5. The van der Waals surface area contributed by atoms with Crippen molar-refractivity contribution in [1.29, 1.82) is 0 Å². The molecule has 0 amide bonds. The molecule has 4 aliphatic carbocycles. The molecule has 0 saturated heterocycles. The van der Waals surface area contributed by atoms with Crippen molar-refractivity contribution in [1.82, 2.24) is 16.0 Å². The highest BCUT2D eigenvalue weighted by Crippen LogP contribution is 2.68. The van der Waals surface area contributed by atoms with Crippen LogP contribution in [0.25, 0.3) is 0 Å². The number of unbranched alkanes of at least 4 members (excludes halogenated alkanes) is 1. The average Bonchev–Trinajstić information content (AvgIpc) is 3.36. The molecular weight excluding hydrogens is 612 g/mol. The molecule has 11 atom stereocenters. The van der Waals surface area contributed by atoms with Gasteiger partial charge in [0.05, 0.1) is 12.2 Å². The summed E-state index contributed by atoms with van der Waals surface area (Å²) in [6.07, 6.45) is 15.0. The van der Waals surface area contributed by atoms with Crippen LogP contribution in [0.4, 0.5) is 0 Å². The number of rotatable bonds is 20. The number of nitrogens with one attached hydrogen (secondary N) is 3. The third kappa shape index (κ3) is 10.1. The Morgan fingerprint density at radius 2 is 1.47 bits per heavy atom. The fourth-order valence-electron chi connectivity index (χ4n) is 11.2. The van der Waals surface area contributed by atoms with Gasteiger partial charge in [0, 0.05) is 6.04 Å². The van der Waals surface area contributed by atoms with E-state index in [1.807, 2.05) is 13.8 Å². The molecule has 0 spiro atoms. The molecule has 4 saturated carbocycles. The molecule has 10 heteroatoms. The SMILES string of the molecule is CC(C)[C@@H](CC[C@@H](C)C1CCC2C3C(CC[C@@]21C)[C@@]1(C)CC[C@H](NCCCNCCCCNCCCN)C[C@@H]1C[C@H]3O)OS(=O)(=O)O. The van der Waals surface area contributed by atoms with Crippen molar-refractivity contribution in [3.63, 3.8) is 0 Å². The summed E-state index contributed by atoms with van der Waals surface area (Å²) in [5.74, 6) is 3.20. The van der Waals surface area contributed by atoms with Crippen molar-refractivity contribution in [3.05, 3.63) is 0 Å². The summed E-state index contributed by atoms with van der Waals surface area (Å²) in [7, 11) is -4.46. The number of fused-ring (bicyclic) bond motifs is 5. The fourth-order valence-corrected chi connectivity index (χ4v) is 11.8. The molecule has 276 valence electrons. The van der Waals surface area contributed by atoms with Gasteiger partial charge in [-0.25, -0.2) is 4.18 Å². The van der Waals surface area contributed by atoms with E-state index in [-0.39, 0.29) is 17.4 Å². The standard InChI is InChI=1S/C37H72N4O5S/c1-26(2)34(46-47(43,44)45)13-10-27(3)30-11-12-31-35-32(15-17-37(30,31)5)36(4)16-14-29(24-28(36)25-33(35)42)41-23-9-22-40-20-7-6-19-39-21-8-18-38/h26-35,39-42H,6-25,38H2,1-5H3,(H,43,44,45)/t27-,28-,29+,30?,31?,32?,33-,34-,35?,36+,37-/m1/s1. The van der Waals surface area contributed by atoms with Crippen LogP contribution in [0.15, 0.2) is 0 Å². The van der Waals surface area contributed by atoms with E-state index in [1.54, 1.807) is 0 Å². The van der Waals surface area contributed by atoms with Gasteiger partial charge in [0.25, 0.3) is 0 Å². The minimum absolute atomic E-state index is 0.0137. The molecule has 7 N–H and O–H groups in total. The van der Waals surface area contributed by atoms with Gasteiger partial charge in [-0.3, -0.25) is 4.55 Å². The van der Waals surface area contributed by atoms with E-state index >= 15 is 0 Å². The fraction of sp³-hybridized carbons (Fsp3) is 1.00. The third-order valence-corrected chi connectivity index (χ3v) is 14.3. The van der Waals surface area contributed by atoms with E-state index in [9.17, 15) is 18.1 Å². The molecule has 4 fully saturated rings. The molecular formula is C37H72N4O5S. The zero-order valence-corrected chi connectivity index (χ0v) is 31.3. The first-order valence-corrected chi connectivity index (χ1v) is 20.8. The van der Waals surface area contributed by atoms with Gasteiger partial charge in [-0.05, 0) is 181 Å². The summed E-state index contributed by atoms with van der Waals surface area (Å²) in [6.45, 7) is 17.4. The normalized spacial score (nSPS) is 36.9. The van der Waals surface area contributed by atoms with Crippen molar-refractivity contribution in [2.24, 2.45) is 58.0 Å². The van der Waals surface area contributed by atoms with Crippen LogP contribution >= 0.6 is 0 Å². The summed E-state index contributed by atoms with van der Waals surface area (Å²) in [5, 5.41) is 22.8. The van der Waals surface area contributed by atoms with Crippen LogP contribution in [0.1, 0.15) is 125 Å². The number of hydrogen-bond acceptors (Lipinski definition) is 8. The van der Waals surface area contributed by atoms with Gasteiger partial charge in [0.2, 0.25) is 0 Å². The van der Waals surface area contributed by atoms with Crippen LogP contribution in [-0.4, -0.2) is 75.6 Å². The van der Waals surface area contributed by atoms with Crippen molar-refractivity contribution in [2.75, 3.05) is 39.3 Å². The first kappa shape index (κ1) is 39.5. The quantitative estimate of drug-likeness (QED) is 0.0720. The Labute approximate surface area is 288 Å². The predicted molar refractivity (Wildman–Crippen MR) is 191 cm³/mol. The van der Waals surface area contributed by atoms with Gasteiger partial charge in [-0.15, -0.1) is 0 Å². The highest BCUT2D eigenvalue weighted by Gasteiger charge is 2.62. The van der Waals surface area contributed by atoms with Crippen LogP contribution in [0.2, 0.25) is 0 Å². The van der Waals surface area contributed by atoms with Crippen molar-refractivity contribution in [2.45, 2.75) is 143 Å². The molecule has 47 heavy (non-hydrogen) atoms. The molecule has 4 unspecified atom stereocenters. The predicted octanol–water partition coefficient (Wildman–Crippen LogP) is 5.53. The Kier molecular flexibility index (Phi) is 14.9. The molecule has 0 heterocycles. The summed E-state index contributed by atoms with van der Waals surface area (Å²) < 4.78 is 37.2. The Morgan fingerprint density at radius 1 is 0.830 bits per heavy atom. The first-order valence-electron chi connectivity index (χ1n) is 19.5. The van der Waals surface area contributed by atoms with Crippen LogP contribution in [-0.2, 0) is 14.6 Å². The van der Waals surface area contributed by atoms with Gasteiger partial charge in [-0.1, -0.05) is 34.6 Å². The Morgan fingerprint density at radius 3 is 2.13 bits per heavy atom. The molecule has 9 nitrogen and oxygen atoms in total. The first-order chi connectivity index (χ1) is 22.3. The Bertz CT molecular complexity index is 1050. The van der Waals surface area contributed by atoms with Crippen LogP contribution in [0.3, 0.4) is 0 Å². The van der Waals surface area contributed by atoms with Crippen LogP contribution < -0.4 is 21.7 Å². The topological polar surface area (TPSA) is 146 Å². The lowest BCUT2D eigenvalue weighted by molar-refractivity contribution is -0.167. The second kappa shape index (κ2) is 17.7. The van der Waals surface area contributed by atoms with E-state index in [1.165, 1.54) is 57.8 Å².